The highest BCUT2D eigenvalue weighted by Crippen LogP contribution is 2.51. The molecule has 1 spiro atoms. The second-order valence-electron chi connectivity index (χ2n) is 7.16. The molecule has 5 atom stereocenters. The second-order valence-corrected chi connectivity index (χ2v) is 7.16. The summed E-state index contributed by atoms with van der Waals surface area (Å²) >= 11 is 0. The summed E-state index contributed by atoms with van der Waals surface area (Å²) in [5, 5.41) is 0. The predicted molar refractivity (Wildman–Crippen MR) is 80.8 cm³/mol. The van der Waals surface area contributed by atoms with Crippen LogP contribution in [0.4, 0.5) is 0 Å². The monoisotopic (exact) mass is 346 g/mol. The Kier molecular flexibility index (Phi) is 2.27. The zero-order chi connectivity index (χ0) is 22.5. The normalized spacial score (nSPS) is 52.8. The van der Waals surface area contributed by atoms with Gasteiger partial charge in [-0.3, -0.25) is 0 Å². The summed E-state index contributed by atoms with van der Waals surface area (Å²) < 4.78 is 83.4. The van der Waals surface area contributed by atoms with Crippen molar-refractivity contribution in [2.45, 2.75) is 82.7 Å². The maximum Gasteiger partial charge on any atom is 0.331 e. The van der Waals surface area contributed by atoms with Crippen molar-refractivity contribution >= 4 is 5.97 Å². The highest BCUT2D eigenvalue weighted by Gasteiger charge is 2.69. The molecule has 0 aromatic heterocycles. The van der Waals surface area contributed by atoms with Crippen molar-refractivity contribution in [2.24, 2.45) is 0 Å². The van der Waals surface area contributed by atoms with E-state index in [0.29, 0.717) is 0 Å². The minimum atomic E-state index is -3.07. The van der Waals surface area contributed by atoms with Crippen LogP contribution in [0.15, 0.2) is 11.6 Å². The van der Waals surface area contributed by atoms with E-state index in [2.05, 4.69) is 0 Å². The standard InChI is InChI=1S/C17H24O7/c1-9-6-11(18)22-17(7-9)12(10-8-19-15(2,3)21-10)20-14-13(17)23-16(4,5)24-14/h6,10,12-14H,7-8H2,1-5H3/t10-,12+,13-,14+,17+/m0/s1/i1D3,6D,7D2. The van der Waals surface area contributed by atoms with E-state index in [1.807, 2.05) is 0 Å². The minimum absolute atomic E-state index is 0.0174. The van der Waals surface area contributed by atoms with Crippen molar-refractivity contribution in [2.75, 3.05) is 6.61 Å². The molecule has 0 aromatic rings. The number of esters is 1. The Morgan fingerprint density at radius 2 is 2.00 bits per heavy atom. The third-order valence-corrected chi connectivity index (χ3v) is 4.36. The average molecular weight is 346 g/mol. The topological polar surface area (TPSA) is 72.5 Å². The number of rotatable bonds is 1. The first-order valence-electron chi connectivity index (χ1n) is 10.8. The van der Waals surface area contributed by atoms with Gasteiger partial charge in [-0.25, -0.2) is 4.79 Å². The van der Waals surface area contributed by atoms with Gasteiger partial charge in [-0.15, -0.1) is 0 Å². The summed E-state index contributed by atoms with van der Waals surface area (Å²) in [5.74, 6) is -3.49. The lowest BCUT2D eigenvalue weighted by molar-refractivity contribution is -0.252. The van der Waals surface area contributed by atoms with E-state index in [9.17, 15) is 4.79 Å². The fraction of sp³-hybridized carbons (Fsp3) is 0.824. The zero-order valence-corrected chi connectivity index (χ0v) is 13.9. The third-order valence-electron chi connectivity index (χ3n) is 4.36. The van der Waals surface area contributed by atoms with E-state index in [1.165, 1.54) is 0 Å². The van der Waals surface area contributed by atoms with Crippen LogP contribution in [0.2, 0.25) is 0 Å². The van der Waals surface area contributed by atoms with Gasteiger partial charge in [0.05, 0.1) is 7.98 Å². The van der Waals surface area contributed by atoms with Crippen LogP contribution in [-0.4, -0.2) is 54.4 Å². The van der Waals surface area contributed by atoms with E-state index < -0.39 is 72.6 Å². The van der Waals surface area contributed by atoms with Crippen LogP contribution in [-0.2, 0) is 33.2 Å². The molecule has 4 heterocycles. The molecule has 0 N–H and O–H groups in total. The van der Waals surface area contributed by atoms with Gasteiger partial charge in [-0.2, -0.15) is 0 Å². The summed E-state index contributed by atoms with van der Waals surface area (Å²) in [6, 6.07) is -1.05. The number of carbonyl (C=O) groups excluding carboxylic acids is 1. The number of hydrogen-bond acceptors (Lipinski definition) is 7. The van der Waals surface area contributed by atoms with Gasteiger partial charge < -0.3 is 28.4 Å². The molecule has 0 amide bonds. The van der Waals surface area contributed by atoms with E-state index >= 15 is 0 Å². The Labute approximate surface area is 149 Å². The molecule has 134 valence electrons. The molecule has 4 rings (SSSR count). The molecule has 0 radical (unpaired) electrons. The Hall–Kier alpha value is -0.990. The van der Waals surface area contributed by atoms with Gasteiger partial charge in [0, 0.05) is 19.3 Å². The molecule has 4 aliphatic rings. The summed E-state index contributed by atoms with van der Waals surface area (Å²) in [6.45, 7) is 3.37. The van der Waals surface area contributed by atoms with Crippen molar-refractivity contribution in [3.8, 4) is 0 Å². The van der Waals surface area contributed by atoms with Crippen molar-refractivity contribution < 1.29 is 41.4 Å². The molecular formula is C17H24O7. The van der Waals surface area contributed by atoms with Gasteiger partial charge in [0.15, 0.2) is 29.6 Å². The molecule has 24 heavy (non-hydrogen) atoms. The first kappa shape index (κ1) is 10.9. The molecule has 0 bridgehead atoms. The number of carbonyl (C=O) groups is 1. The van der Waals surface area contributed by atoms with Gasteiger partial charge in [-0.1, -0.05) is 5.57 Å². The SMILES string of the molecule is [2H]C1=C(C([2H])([2H])[2H])C([2H])([2H])[C@@]2(OC1=O)[C@@H]([C@@H]1COC(C)(C)O1)O[C@@H]1OC(C)(C)O[C@@H]12. The predicted octanol–water partition coefficient (Wildman–Crippen LogP) is 1.65. The van der Waals surface area contributed by atoms with Crippen LogP contribution < -0.4 is 0 Å². The first-order chi connectivity index (χ1) is 13.5. The van der Waals surface area contributed by atoms with Gasteiger partial charge in [0.1, 0.15) is 12.2 Å². The molecule has 3 fully saturated rings. The van der Waals surface area contributed by atoms with Crippen LogP contribution in [0.1, 0.15) is 49.1 Å². The molecule has 0 saturated carbocycles. The van der Waals surface area contributed by atoms with Crippen molar-refractivity contribution in [3.63, 3.8) is 0 Å². The van der Waals surface area contributed by atoms with E-state index in [-0.39, 0.29) is 6.61 Å². The van der Waals surface area contributed by atoms with Gasteiger partial charge >= 0.3 is 5.97 Å². The summed E-state index contributed by atoms with van der Waals surface area (Å²) in [4.78, 5) is 12.6. The van der Waals surface area contributed by atoms with Crippen LogP contribution in [0.25, 0.3) is 0 Å². The van der Waals surface area contributed by atoms with E-state index in [0.717, 1.165) is 0 Å². The quantitative estimate of drug-likeness (QED) is 0.668. The van der Waals surface area contributed by atoms with Crippen LogP contribution >= 0.6 is 0 Å². The lowest BCUT2D eigenvalue weighted by Gasteiger charge is -2.41. The Balaban J connectivity index is 1.89. The van der Waals surface area contributed by atoms with Crippen molar-refractivity contribution in [1.82, 2.24) is 0 Å². The smallest absolute Gasteiger partial charge is 0.331 e. The fourth-order valence-electron chi connectivity index (χ4n) is 3.55. The second kappa shape index (κ2) is 5.02. The Bertz CT molecular complexity index is 807. The minimum Gasteiger partial charge on any atom is -0.450 e. The number of ether oxygens (including phenoxy) is 6. The van der Waals surface area contributed by atoms with Crippen LogP contribution in [0, 0.1) is 0 Å². The molecule has 4 aliphatic heterocycles. The number of hydrogen-bond donors (Lipinski definition) is 0. The molecule has 0 aliphatic carbocycles. The van der Waals surface area contributed by atoms with Crippen molar-refractivity contribution in [1.29, 1.82) is 0 Å². The molecule has 3 saturated heterocycles. The van der Waals surface area contributed by atoms with Gasteiger partial charge in [-0.05, 0) is 34.5 Å². The van der Waals surface area contributed by atoms with E-state index in [4.69, 9.17) is 36.6 Å². The zero-order valence-electron chi connectivity index (χ0n) is 19.9. The van der Waals surface area contributed by atoms with Crippen LogP contribution in [0.3, 0.4) is 0 Å². The van der Waals surface area contributed by atoms with Crippen LogP contribution in [0.5, 0.6) is 0 Å². The van der Waals surface area contributed by atoms with Gasteiger partial charge in [0.25, 0.3) is 0 Å². The molecule has 0 aromatic carbocycles. The highest BCUT2D eigenvalue weighted by atomic mass is 16.9. The summed E-state index contributed by atoms with van der Waals surface area (Å²) in [6.07, 6.45) is -7.52. The van der Waals surface area contributed by atoms with Gasteiger partial charge in [0.2, 0.25) is 0 Å². The maximum absolute atomic E-state index is 12.6. The lowest BCUT2D eigenvalue weighted by atomic mass is 9.82. The molecule has 7 heteroatoms. The molecule has 7 nitrogen and oxygen atoms in total. The first-order valence-corrected chi connectivity index (χ1v) is 7.80. The Morgan fingerprint density at radius 1 is 1.21 bits per heavy atom. The Morgan fingerprint density at radius 3 is 2.67 bits per heavy atom. The largest absolute Gasteiger partial charge is 0.450 e. The molecule has 0 unspecified atom stereocenters. The lowest BCUT2D eigenvalue weighted by Crippen LogP contribution is -2.57. The van der Waals surface area contributed by atoms with Crippen molar-refractivity contribution in [3.05, 3.63) is 11.6 Å². The summed E-state index contributed by atoms with van der Waals surface area (Å²) in [7, 11) is 0. The molecular weight excluding hydrogens is 316 g/mol. The van der Waals surface area contributed by atoms with E-state index in [1.54, 1.807) is 27.7 Å². The fourth-order valence-corrected chi connectivity index (χ4v) is 3.55. The average Bonchev–Trinajstić information content (AvgIpc) is 3.14. The third kappa shape index (κ3) is 2.50. The number of fused-ring (bicyclic) bond motifs is 2. The maximum atomic E-state index is 12.6. The summed E-state index contributed by atoms with van der Waals surface area (Å²) in [5.41, 5.74) is -3.24. The highest BCUT2D eigenvalue weighted by molar-refractivity contribution is 5.84.